The lowest BCUT2D eigenvalue weighted by molar-refractivity contribution is -0.137. The lowest BCUT2D eigenvalue weighted by atomic mass is 10.1. The number of hydrogen-bond acceptors (Lipinski definition) is 5. The number of amides is 2. The van der Waals surface area contributed by atoms with Crippen molar-refractivity contribution >= 4 is 39.0 Å². The molecule has 3 N–H and O–H groups in total. The molecule has 1 heterocycles. The number of alkyl halides is 3. The van der Waals surface area contributed by atoms with Gasteiger partial charge in [0.25, 0.3) is 0 Å². The van der Waals surface area contributed by atoms with Gasteiger partial charge in [0.15, 0.2) is 5.82 Å². The van der Waals surface area contributed by atoms with Gasteiger partial charge in [-0.1, -0.05) is 19.0 Å². The Kier molecular flexibility index (Phi) is 8.09. The highest BCUT2D eigenvalue weighted by Gasteiger charge is 2.30. The molecule has 0 atom stereocenters. The minimum absolute atomic E-state index is 0.0973. The molecule has 8 nitrogen and oxygen atoms in total. The molecule has 0 radical (unpaired) electrons. The summed E-state index contributed by atoms with van der Waals surface area (Å²) < 4.78 is 58.4. The van der Waals surface area contributed by atoms with E-state index in [0.29, 0.717) is 29.2 Å². The maximum Gasteiger partial charge on any atom is 0.446 e. The topological polar surface area (TPSA) is 101 Å². The van der Waals surface area contributed by atoms with Gasteiger partial charge < -0.3 is 16.0 Å². The van der Waals surface area contributed by atoms with Crippen molar-refractivity contribution < 1.29 is 26.9 Å². The predicted molar refractivity (Wildman–Crippen MR) is 143 cm³/mol. The fourth-order valence-electron chi connectivity index (χ4n) is 3.57. The Labute approximate surface area is 228 Å². The molecule has 0 spiro atoms. The van der Waals surface area contributed by atoms with E-state index in [1.165, 1.54) is 18.2 Å². The van der Waals surface area contributed by atoms with Crippen LogP contribution in [0.2, 0.25) is 0 Å². The van der Waals surface area contributed by atoms with Crippen LogP contribution in [0.15, 0.2) is 74.5 Å². The average Bonchev–Trinajstić information content (AvgIpc) is 3.25. The number of carbonyl (C=O) groups excluding carboxylic acids is 1. The highest BCUT2D eigenvalue weighted by Crippen LogP contribution is 2.31. The van der Waals surface area contributed by atoms with E-state index in [1.807, 2.05) is 13.8 Å². The minimum Gasteiger partial charge on any atom is -0.383 e. The Hall–Kier alpha value is -4.13. The first kappa shape index (κ1) is 27.9. The van der Waals surface area contributed by atoms with Gasteiger partial charge in [0.1, 0.15) is 5.82 Å². The molecule has 4 aromatic rings. The number of nitrogens with zero attached hydrogens (tertiary/aromatic N) is 2. The van der Waals surface area contributed by atoms with Crippen LogP contribution in [0.4, 0.5) is 39.4 Å². The summed E-state index contributed by atoms with van der Waals surface area (Å²) in [6.07, 6.45) is -4.50. The Morgan fingerprint density at radius 2 is 1.74 bits per heavy atom. The number of hydrogen-bond donors (Lipinski definition) is 3. The molecule has 1 aromatic heterocycles. The number of nitrogens with one attached hydrogen (secondary N) is 3. The Morgan fingerprint density at radius 3 is 2.38 bits per heavy atom. The maximum absolute atomic E-state index is 13.8. The average molecular weight is 608 g/mol. The third-order valence-corrected chi connectivity index (χ3v) is 6.07. The van der Waals surface area contributed by atoms with Crippen LogP contribution in [-0.4, -0.2) is 22.3 Å². The summed E-state index contributed by atoms with van der Waals surface area (Å²) in [6, 6.07) is 12.2. The van der Waals surface area contributed by atoms with Crippen LogP contribution in [0.1, 0.15) is 19.4 Å². The van der Waals surface area contributed by atoms with Crippen molar-refractivity contribution in [1.29, 1.82) is 0 Å². The second-order valence-electron chi connectivity index (χ2n) is 8.90. The molecule has 4 rings (SSSR count). The van der Waals surface area contributed by atoms with E-state index in [1.54, 1.807) is 18.2 Å². The largest absolute Gasteiger partial charge is 0.446 e. The molecule has 0 bridgehead atoms. The van der Waals surface area contributed by atoms with Crippen molar-refractivity contribution in [3.63, 3.8) is 0 Å². The lowest BCUT2D eigenvalue weighted by Crippen LogP contribution is -2.21. The predicted octanol–water partition coefficient (Wildman–Crippen LogP) is 7.12. The van der Waals surface area contributed by atoms with Crippen molar-refractivity contribution in [2.75, 3.05) is 22.5 Å². The van der Waals surface area contributed by atoms with Crippen LogP contribution in [0.5, 0.6) is 0 Å². The number of halogens is 5. The standard InChI is InChI=1S/C26H22BrF4N5O3/c1-14(2)13-32-21-10-3-15(23-35-39-25(38)36(23)18-8-9-20(28)19(27)12-18)11-22(21)34-24(37)33-17-6-4-16(5-7-17)26(29,30)31/h3-12,14,32H,13H2,1-2H3,(H2,33,34,37). The van der Waals surface area contributed by atoms with Crippen LogP contribution in [0.3, 0.4) is 0 Å². The van der Waals surface area contributed by atoms with Gasteiger partial charge in [-0.05, 0) is 82.5 Å². The number of urea groups is 1. The van der Waals surface area contributed by atoms with Gasteiger partial charge in [0.2, 0.25) is 0 Å². The molecule has 0 aliphatic rings. The minimum atomic E-state index is -4.50. The third-order valence-electron chi connectivity index (χ3n) is 5.46. The molecule has 0 fully saturated rings. The van der Waals surface area contributed by atoms with Crippen LogP contribution in [0, 0.1) is 11.7 Å². The van der Waals surface area contributed by atoms with Gasteiger partial charge in [0.05, 0.1) is 27.1 Å². The molecule has 0 aliphatic heterocycles. The van der Waals surface area contributed by atoms with E-state index in [9.17, 15) is 27.2 Å². The van der Waals surface area contributed by atoms with E-state index in [-0.39, 0.29) is 21.9 Å². The van der Waals surface area contributed by atoms with Crippen LogP contribution >= 0.6 is 15.9 Å². The smallest absolute Gasteiger partial charge is 0.383 e. The molecule has 0 aliphatic carbocycles. The molecule has 0 unspecified atom stereocenters. The van der Waals surface area contributed by atoms with Crippen LogP contribution in [-0.2, 0) is 6.18 Å². The van der Waals surface area contributed by atoms with Gasteiger partial charge >= 0.3 is 18.0 Å². The summed E-state index contributed by atoms with van der Waals surface area (Å²) in [5.41, 5.74) is 0.854. The fourth-order valence-corrected chi connectivity index (χ4v) is 3.93. The van der Waals surface area contributed by atoms with Gasteiger partial charge in [-0.15, -0.1) is 0 Å². The van der Waals surface area contributed by atoms with Gasteiger partial charge in [-0.3, -0.25) is 4.52 Å². The Morgan fingerprint density at radius 1 is 1.03 bits per heavy atom. The Balaban J connectivity index is 1.65. The third kappa shape index (κ3) is 6.66. The normalized spacial score (nSPS) is 11.5. The lowest BCUT2D eigenvalue weighted by Gasteiger charge is -2.16. The van der Waals surface area contributed by atoms with E-state index in [0.717, 1.165) is 28.8 Å². The van der Waals surface area contributed by atoms with Gasteiger partial charge in [-0.25, -0.2) is 18.5 Å². The number of carbonyl (C=O) groups is 1. The van der Waals surface area contributed by atoms with Crippen molar-refractivity contribution in [1.82, 2.24) is 9.72 Å². The zero-order valence-electron chi connectivity index (χ0n) is 20.6. The first-order valence-corrected chi connectivity index (χ1v) is 12.4. The van der Waals surface area contributed by atoms with Gasteiger partial charge in [0, 0.05) is 17.8 Å². The zero-order valence-corrected chi connectivity index (χ0v) is 22.2. The number of aromatic nitrogens is 2. The zero-order chi connectivity index (χ0) is 28.3. The number of benzene rings is 3. The van der Waals surface area contributed by atoms with Crippen molar-refractivity contribution in [3.05, 3.63) is 87.1 Å². The molecule has 13 heteroatoms. The van der Waals surface area contributed by atoms with E-state index >= 15 is 0 Å². The van der Waals surface area contributed by atoms with E-state index in [2.05, 4.69) is 37.0 Å². The van der Waals surface area contributed by atoms with E-state index < -0.39 is 29.3 Å². The van der Waals surface area contributed by atoms with Crippen LogP contribution < -0.4 is 21.7 Å². The summed E-state index contributed by atoms with van der Waals surface area (Å²) in [7, 11) is 0. The molecular weight excluding hydrogens is 586 g/mol. The quantitative estimate of drug-likeness (QED) is 0.194. The maximum atomic E-state index is 13.8. The van der Waals surface area contributed by atoms with Gasteiger partial charge in [-0.2, -0.15) is 13.2 Å². The van der Waals surface area contributed by atoms with Crippen molar-refractivity contribution in [2.24, 2.45) is 5.92 Å². The highest BCUT2D eigenvalue weighted by molar-refractivity contribution is 9.10. The molecule has 3 aromatic carbocycles. The van der Waals surface area contributed by atoms with Crippen LogP contribution in [0.25, 0.3) is 17.1 Å². The first-order chi connectivity index (χ1) is 18.4. The SMILES string of the molecule is CC(C)CNc1ccc(-c2noc(=O)n2-c2ccc(F)c(Br)c2)cc1NC(=O)Nc1ccc(C(F)(F)F)cc1. The number of anilines is 3. The van der Waals surface area contributed by atoms with Crippen molar-refractivity contribution in [2.45, 2.75) is 20.0 Å². The highest BCUT2D eigenvalue weighted by atomic mass is 79.9. The molecule has 39 heavy (non-hydrogen) atoms. The summed E-state index contributed by atoms with van der Waals surface area (Å²) in [5, 5.41) is 12.3. The Bertz CT molecular complexity index is 1550. The number of rotatable bonds is 7. The molecule has 2 amide bonds. The van der Waals surface area contributed by atoms with E-state index in [4.69, 9.17) is 4.52 Å². The summed E-state index contributed by atoms with van der Waals surface area (Å²) in [6.45, 7) is 4.58. The monoisotopic (exact) mass is 607 g/mol. The molecular formula is C26H22BrF4N5O3. The molecule has 0 saturated heterocycles. The second-order valence-corrected chi connectivity index (χ2v) is 9.75. The molecule has 0 saturated carbocycles. The molecule has 204 valence electrons. The first-order valence-electron chi connectivity index (χ1n) is 11.6. The fraction of sp³-hybridized carbons (Fsp3) is 0.192. The summed E-state index contributed by atoms with van der Waals surface area (Å²) in [4.78, 5) is 25.2. The summed E-state index contributed by atoms with van der Waals surface area (Å²) >= 11 is 3.10. The summed E-state index contributed by atoms with van der Waals surface area (Å²) in [5.74, 6) is -0.952. The van der Waals surface area contributed by atoms with Crippen molar-refractivity contribution in [3.8, 4) is 17.1 Å². The second kappa shape index (κ2) is 11.3.